The first-order valence-electron chi connectivity index (χ1n) is 9.36. The Hall–Kier alpha value is -1.72. The van der Waals surface area contributed by atoms with Crippen LogP contribution in [0, 0.1) is 5.92 Å². The van der Waals surface area contributed by atoms with Gasteiger partial charge in [-0.15, -0.1) is 5.06 Å². The predicted octanol–water partition coefficient (Wildman–Crippen LogP) is 3.39. The summed E-state index contributed by atoms with van der Waals surface area (Å²) in [4.78, 5) is 28.1. The number of ether oxygens (including phenoxy) is 1. The van der Waals surface area contributed by atoms with E-state index in [9.17, 15) is 9.59 Å². The van der Waals surface area contributed by atoms with Crippen molar-refractivity contribution in [1.82, 2.24) is 5.06 Å². The Labute approximate surface area is 149 Å². The monoisotopic (exact) mass is 345 g/mol. The van der Waals surface area contributed by atoms with Gasteiger partial charge in [0.25, 0.3) is 0 Å². The van der Waals surface area contributed by atoms with Crippen LogP contribution in [-0.4, -0.2) is 42.6 Å². The number of piperidine rings is 1. The number of carbonyl (C=O) groups excluding carboxylic acids is 2. The highest BCUT2D eigenvalue weighted by Gasteiger charge is 2.27. The quantitative estimate of drug-likeness (QED) is 0.740. The Morgan fingerprint density at radius 1 is 1.00 bits per heavy atom. The smallest absolute Gasteiger partial charge is 0.357 e. The van der Waals surface area contributed by atoms with E-state index in [1.165, 1.54) is 0 Å². The third-order valence-electron chi connectivity index (χ3n) is 5.23. The van der Waals surface area contributed by atoms with E-state index in [1.807, 2.05) is 18.2 Å². The van der Waals surface area contributed by atoms with Crippen molar-refractivity contribution in [1.29, 1.82) is 0 Å². The Morgan fingerprint density at radius 2 is 1.64 bits per heavy atom. The van der Waals surface area contributed by atoms with Crippen LogP contribution >= 0.6 is 0 Å². The van der Waals surface area contributed by atoms with Gasteiger partial charge in [-0.25, -0.2) is 4.79 Å². The van der Waals surface area contributed by atoms with Crippen molar-refractivity contribution < 1.29 is 19.2 Å². The minimum atomic E-state index is -0.298. The molecule has 3 rings (SSSR count). The molecule has 2 fully saturated rings. The van der Waals surface area contributed by atoms with Gasteiger partial charge in [-0.05, 0) is 56.6 Å². The lowest BCUT2D eigenvalue weighted by molar-refractivity contribution is -0.149. The predicted molar refractivity (Wildman–Crippen MR) is 94.0 cm³/mol. The number of rotatable bonds is 6. The van der Waals surface area contributed by atoms with Crippen molar-refractivity contribution in [3.05, 3.63) is 35.9 Å². The molecule has 0 aromatic heterocycles. The summed E-state index contributed by atoms with van der Waals surface area (Å²) in [6.07, 6.45) is 8.38. The highest BCUT2D eigenvalue weighted by atomic mass is 16.7. The van der Waals surface area contributed by atoms with E-state index in [0.717, 1.165) is 44.8 Å². The minimum Gasteiger partial charge on any atom is -0.375 e. The largest absolute Gasteiger partial charge is 0.375 e. The Balaban J connectivity index is 1.36. The first-order chi connectivity index (χ1) is 12.2. The Bertz CT molecular complexity index is 546. The third kappa shape index (κ3) is 5.38. The van der Waals surface area contributed by atoms with Crippen LogP contribution in [0.25, 0.3) is 0 Å². The normalized spacial score (nSPS) is 25.4. The topological polar surface area (TPSA) is 55.8 Å². The second-order valence-electron chi connectivity index (χ2n) is 7.05. The molecule has 1 heterocycles. The van der Waals surface area contributed by atoms with Crippen LogP contribution in [0.1, 0.15) is 55.3 Å². The number of nitrogens with zero attached hydrogens (tertiary/aromatic N) is 1. The van der Waals surface area contributed by atoms with Gasteiger partial charge in [0.15, 0.2) is 0 Å². The van der Waals surface area contributed by atoms with Gasteiger partial charge in [0, 0.05) is 19.5 Å². The standard InChI is InChI=1S/C20H27NO4/c22-15-12-16-6-8-18(9-7-16)24-19-10-13-21(14-11-19)25-20(23)17-4-2-1-3-5-17/h1-5,15-16,18-19H,6-14H2. The number of aldehydes is 1. The summed E-state index contributed by atoms with van der Waals surface area (Å²) >= 11 is 0. The molecule has 5 nitrogen and oxygen atoms in total. The Morgan fingerprint density at radius 3 is 2.28 bits per heavy atom. The summed E-state index contributed by atoms with van der Waals surface area (Å²) in [5, 5.41) is 1.75. The third-order valence-corrected chi connectivity index (χ3v) is 5.23. The van der Waals surface area contributed by atoms with Crippen molar-refractivity contribution in [3.63, 3.8) is 0 Å². The maximum Gasteiger partial charge on any atom is 0.357 e. The van der Waals surface area contributed by atoms with E-state index in [-0.39, 0.29) is 12.1 Å². The van der Waals surface area contributed by atoms with Gasteiger partial charge in [0.1, 0.15) is 6.29 Å². The first-order valence-corrected chi connectivity index (χ1v) is 9.36. The lowest BCUT2D eigenvalue weighted by Crippen LogP contribution is -2.40. The fourth-order valence-electron chi connectivity index (χ4n) is 3.72. The molecule has 1 aromatic carbocycles. The molecule has 0 unspecified atom stereocenters. The highest BCUT2D eigenvalue weighted by molar-refractivity contribution is 5.89. The van der Waals surface area contributed by atoms with E-state index >= 15 is 0 Å². The zero-order valence-corrected chi connectivity index (χ0v) is 14.6. The molecular weight excluding hydrogens is 318 g/mol. The molecule has 1 aromatic rings. The van der Waals surface area contributed by atoms with Crippen molar-refractivity contribution in [2.24, 2.45) is 5.92 Å². The maximum absolute atomic E-state index is 12.1. The van der Waals surface area contributed by atoms with Crippen LogP contribution in [0.4, 0.5) is 0 Å². The molecule has 136 valence electrons. The van der Waals surface area contributed by atoms with Gasteiger partial charge in [0.05, 0.1) is 17.8 Å². The van der Waals surface area contributed by atoms with Gasteiger partial charge >= 0.3 is 5.97 Å². The summed E-state index contributed by atoms with van der Waals surface area (Å²) in [5.74, 6) is 0.255. The summed E-state index contributed by atoms with van der Waals surface area (Å²) < 4.78 is 6.24. The molecule has 1 saturated heterocycles. The van der Waals surface area contributed by atoms with E-state index < -0.39 is 0 Å². The fraction of sp³-hybridized carbons (Fsp3) is 0.600. The second kappa shape index (κ2) is 9.11. The minimum absolute atomic E-state index is 0.249. The molecule has 25 heavy (non-hydrogen) atoms. The highest BCUT2D eigenvalue weighted by Crippen LogP contribution is 2.30. The summed E-state index contributed by atoms with van der Waals surface area (Å²) in [7, 11) is 0. The van der Waals surface area contributed by atoms with Gasteiger partial charge in [-0.1, -0.05) is 18.2 Å². The van der Waals surface area contributed by atoms with Gasteiger partial charge in [0.2, 0.25) is 0 Å². The number of hydroxylamine groups is 2. The molecule has 0 radical (unpaired) electrons. The molecule has 1 aliphatic heterocycles. The molecule has 1 saturated carbocycles. The van der Waals surface area contributed by atoms with Gasteiger partial charge in [-0.2, -0.15) is 0 Å². The number of benzene rings is 1. The average Bonchev–Trinajstić information content (AvgIpc) is 2.66. The van der Waals surface area contributed by atoms with Crippen LogP contribution in [0.2, 0.25) is 0 Å². The van der Waals surface area contributed by atoms with Crippen LogP contribution < -0.4 is 0 Å². The summed E-state index contributed by atoms with van der Waals surface area (Å²) in [5.41, 5.74) is 0.577. The van der Waals surface area contributed by atoms with Crippen molar-refractivity contribution in [2.75, 3.05) is 13.1 Å². The van der Waals surface area contributed by atoms with Crippen LogP contribution in [-0.2, 0) is 14.4 Å². The molecule has 5 heteroatoms. The van der Waals surface area contributed by atoms with Crippen molar-refractivity contribution in [3.8, 4) is 0 Å². The molecule has 2 aliphatic rings. The lowest BCUT2D eigenvalue weighted by Gasteiger charge is -2.35. The zero-order valence-electron chi connectivity index (χ0n) is 14.6. The fourth-order valence-corrected chi connectivity index (χ4v) is 3.72. The van der Waals surface area contributed by atoms with E-state index in [2.05, 4.69) is 0 Å². The molecule has 0 N–H and O–H groups in total. The number of hydrogen-bond acceptors (Lipinski definition) is 5. The molecule has 0 atom stereocenters. The zero-order chi connectivity index (χ0) is 17.5. The second-order valence-corrected chi connectivity index (χ2v) is 7.05. The molecule has 0 bridgehead atoms. The summed E-state index contributed by atoms with van der Waals surface area (Å²) in [6.45, 7) is 1.42. The van der Waals surface area contributed by atoms with Gasteiger partial charge < -0.3 is 14.4 Å². The van der Waals surface area contributed by atoms with Crippen molar-refractivity contribution in [2.45, 2.75) is 57.2 Å². The molecular formula is C20H27NO4. The van der Waals surface area contributed by atoms with E-state index in [1.54, 1.807) is 17.2 Å². The number of carbonyl (C=O) groups is 2. The number of hydrogen-bond donors (Lipinski definition) is 0. The van der Waals surface area contributed by atoms with Crippen molar-refractivity contribution >= 4 is 12.3 Å². The van der Waals surface area contributed by atoms with Crippen LogP contribution in [0.15, 0.2) is 30.3 Å². The van der Waals surface area contributed by atoms with Crippen LogP contribution in [0.3, 0.4) is 0 Å². The Kier molecular flexibility index (Phi) is 6.59. The molecule has 0 spiro atoms. The summed E-state index contributed by atoms with van der Waals surface area (Å²) in [6, 6.07) is 9.07. The van der Waals surface area contributed by atoms with E-state index in [0.29, 0.717) is 37.1 Å². The van der Waals surface area contributed by atoms with E-state index in [4.69, 9.17) is 9.57 Å². The maximum atomic E-state index is 12.1. The average molecular weight is 345 g/mol. The molecule has 0 amide bonds. The first kappa shape index (κ1) is 18.1. The lowest BCUT2D eigenvalue weighted by atomic mass is 9.85. The van der Waals surface area contributed by atoms with Gasteiger partial charge in [-0.3, -0.25) is 0 Å². The molecule has 1 aliphatic carbocycles. The SMILES string of the molecule is O=CCC1CCC(OC2CCN(OC(=O)c3ccccc3)CC2)CC1. The van der Waals surface area contributed by atoms with Crippen LogP contribution in [0.5, 0.6) is 0 Å².